The van der Waals surface area contributed by atoms with E-state index in [1.54, 1.807) is 36.1 Å². The first-order valence-corrected chi connectivity index (χ1v) is 9.45. The largest absolute Gasteiger partial charge is 0.507 e. The monoisotopic (exact) mass is 409 g/mol. The Labute approximate surface area is 170 Å². The SMILES string of the molecule is CN=c1scc(-c2ccc(O)c(C(N)=O)c2)n1/N=C\c1ccc(NC(C)=O)cc1. The third-order valence-electron chi connectivity index (χ3n) is 3.99. The van der Waals surface area contributed by atoms with Gasteiger partial charge in [0.2, 0.25) is 10.7 Å². The van der Waals surface area contributed by atoms with Crippen LogP contribution in [-0.4, -0.2) is 34.9 Å². The lowest BCUT2D eigenvalue weighted by Crippen LogP contribution is -2.13. The zero-order chi connectivity index (χ0) is 21.0. The summed E-state index contributed by atoms with van der Waals surface area (Å²) < 4.78 is 1.64. The van der Waals surface area contributed by atoms with Crippen molar-refractivity contribution in [2.24, 2.45) is 15.8 Å². The van der Waals surface area contributed by atoms with Gasteiger partial charge in [0.15, 0.2) is 0 Å². The first-order chi connectivity index (χ1) is 13.9. The second-order valence-electron chi connectivity index (χ2n) is 6.08. The number of nitrogens with two attached hydrogens (primary N) is 1. The molecule has 4 N–H and O–H groups in total. The number of phenols is 1. The predicted octanol–water partition coefficient (Wildman–Crippen LogP) is 2.39. The minimum atomic E-state index is -0.714. The molecule has 9 heteroatoms. The lowest BCUT2D eigenvalue weighted by Gasteiger charge is -2.06. The Balaban J connectivity index is 1.98. The van der Waals surface area contributed by atoms with Crippen molar-refractivity contribution < 1.29 is 14.7 Å². The number of nitrogens with one attached hydrogen (secondary N) is 1. The number of thiazole rings is 1. The Morgan fingerprint density at radius 1 is 1.21 bits per heavy atom. The van der Waals surface area contributed by atoms with E-state index in [4.69, 9.17) is 5.73 Å². The summed E-state index contributed by atoms with van der Waals surface area (Å²) in [5, 5.41) is 18.9. The van der Waals surface area contributed by atoms with Gasteiger partial charge in [-0.15, -0.1) is 11.3 Å². The number of aromatic nitrogens is 1. The zero-order valence-electron chi connectivity index (χ0n) is 15.8. The van der Waals surface area contributed by atoms with E-state index in [0.717, 1.165) is 5.56 Å². The van der Waals surface area contributed by atoms with Gasteiger partial charge in [-0.1, -0.05) is 12.1 Å². The Morgan fingerprint density at radius 3 is 2.55 bits per heavy atom. The Kier molecular flexibility index (Phi) is 5.89. The summed E-state index contributed by atoms with van der Waals surface area (Å²) in [6, 6.07) is 11.8. The zero-order valence-corrected chi connectivity index (χ0v) is 16.6. The molecule has 0 saturated heterocycles. The molecule has 0 atom stereocenters. The topological polar surface area (TPSA) is 122 Å². The lowest BCUT2D eigenvalue weighted by molar-refractivity contribution is -0.114. The maximum absolute atomic E-state index is 11.5. The summed E-state index contributed by atoms with van der Waals surface area (Å²) in [6.07, 6.45) is 1.66. The number of nitrogens with zero attached hydrogens (tertiary/aromatic N) is 3. The number of hydrogen-bond donors (Lipinski definition) is 3. The van der Waals surface area contributed by atoms with Crippen molar-refractivity contribution in [1.82, 2.24) is 4.68 Å². The third-order valence-corrected chi connectivity index (χ3v) is 4.90. The molecule has 0 spiro atoms. The molecule has 2 amide bonds. The van der Waals surface area contributed by atoms with Crippen molar-refractivity contribution in [2.75, 3.05) is 12.4 Å². The van der Waals surface area contributed by atoms with E-state index in [2.05, 4.69) is 15.4 Å². The maximum Gasteiger partial charge on any atom is 0.252 e. The van der Waals surface area contributed by atoms with E-state index in [1.807, 2.05) is 17.5 Å². The van der Waals surface area contributed by atoms with Crippen molar-refractivity contribution in [2.45, 2.75) is 6.92 Å². The first kappa shape index (κ1) is 20.0. The van der Waals surface area contributed by atoms with Gasteiger partial charge in [0.1, 0.15) is 5.75 Å². The van der Waals surface area contributed by atoms with E-state index in [1.165, 1.54) is 30.4 Å². The number of primary amides is 1. The van der Waals surface area contributed by atoms with Crippen molar-refractivity contribution in [1.29, 1.82) is 0 Å². The van der Waals surface area contributed by atoms with Gasteiger partial charge in [-0.3, -0.25) is 14.6 Å². The third kappa shape index (κ3) is 4.58. The quantitative estimate of drug-likeness (QED) is 0.561. The summed E-state index contributed by atoms with van der Waals surface area (Å²) in [4.78, 5) is 27.5. The summed E-state index contributed by atoms with van der Waals surface area (Å²) >= 11 is 1.39. The highest BCUT2D eigenvalue weighted by atomic mass is 32.1. The van der Waals surface area contributed by atoms with Crippen LogP contribution in [0.3, 0.4) is 0 Å². The van der Waals surface area contributed by atoms with Crippen LogP contribution in [0.25, 0.3) is 11.3 Å². The van der Waals surface area contributed by atoms with Gasteiger partial charge in [-0.2, -0.15) is 5.10 Å². The van der Waals surface area contributed by atoms with Crippen LogP contribution in [0.2, 0.25) is 0 Å². The number of carbonyl (C=O) groups excluding carboxylic acids is 2. The number of amides is 2. The van der Waals surface area contributed by atoms with Crippen molar-refractivity contribution in [3.8, 4) is 17.0 Å². The van der Waals surface area contributed by atoms with Crippen molar-refractivity contribution in [3.05, 3.63) is 63.8 Å². The highest BCUT2D eigenvalue weighted by molar-refractivity contribution is 7.07. The molecule has 0 aliphatic rings. The highest BCUT2D eigenvalue weighted by Crippen LogP contribution is 2.26. The number of aromatic hydroxyl groups is 1. The summed E-state index contributed by atoms with van der Waals surface area (Å²) in [6.45, 7) is 1.45. The van der Waals surface area contributed by atoms with Crippen LogP contribution in [0.4, 0.5) is 5.69 Å². The molecule has 1 aromatic heterocycles. The molecule has 0 aliphatic carbocycles. The summed E-state index contributed by atoms with van der Waals surface area (Å²) in [7, 11) is 1.66. The van der Waals surface area contributed by atoms with Gasteiger partial charge < -0.3 is 16.2 Å². The average molecular weight is 409 g/mol. The van der Waals surface area contributed by atoms with Crippen LogP contribution in [0.5, 0.6) is 5.75 Å². The van der Waals surface area contributed by atoms with Gasteiger partial charge in [-0.25, -0.2) is 4.68 Å². The molecule has 0 saturated carbocycles. The number of benzene rings is 2. The maximum atomic E-state index is 11.5. The molecule has 0 bridgehead atoms. The standard InChI is InChI=1S/C20H19N5O3S/c1-12(26)24-15-6-3-13(4-7-15)10-23-25-17(11-29-20(25)22-2)14-5-8-18(27)16(9-14)19(21)28/h3-11,27H,1-2H3,(H2,21,28)(H,24,26)/b22-20?,23-10-. The highest BCUT2D eigenvalue weighted by Gasteiger charge is 2.13. The van der Waals surface area contributed by atoms with Gasteiger partial charge in [0, 0.05) is 30.6 Å². The predicted molar refractivity (Wildman–Crippen MR) is 113 cm³/mol. The van der Waals surface area contributed by atoms with Gasteiger partial charge in [0.25, 0.3) is 5.91 Å². The number of carbonyl (C=O) groups is 2. The van der Waals surface area contributed by atoms with E-state index >= 15 is 0 Å². The van der Waals surface area contributed by atoms with Gasteiger partial charge in [-0.05, 0) is 35.9 Å². The first-order valence-electron chi connectivity index (χ1n) is 8.57. The van der Waals surface area contributed by atoms with Gasteiger partial charge >= 0.3 is 0 Å². The molecule has 29 heavy (non-hydrogen) atoms. The van der Waals surface area contributed by atoms with Crippen LogP contribution >= 0.6 is 11.3 Å². The molecular weight excluding hydrogens is 390 g/mol. The van der Waals surface area contributed by atoms with Crippen LogP contribution in [0.15, 0.2) is 57.9 Å². The van der Waals surface area contributed by atoms with Crippen LogP contribution < -0.4 is 15.9 Å². The molecule has 0 unspecified atom stereocenters. The Bertz CT molecular complexity index is 1160. The normalized spacial score (nSPS) is 11.7. The Morgan fingerprint density at radius 2 is 1.93 bits per heavy atom. The molecule has 3 aromatic rings. The minimum absolute atomic E-state index is 0.0350. The lowest BCUT2D eigenvalue weighted by atomic mass is 10.1. The number of hydrogen-bond acceptors (Lipinski definition) is 6. The summed E-state index contributed by atoms with van der Waals surface area (Å²) in [5.41, 5.74) is 8.26. The van der Waals surface area contributed by atoms with Crippen LogP contribution in [0, 0.1) is 0 Å². The van der Waals surface area contributed by atoms with Gasteiger partial charge in [0.05, 0.1) is 17.5 Å². The van der Waals surface area contributed by atoms with E-state index < -0.39 is 5.91 Å². The summed E-state index contributed by atoms with van der Waals surface area (Å²) in [5.74, 6) is -1.02. The molecule has 0 radical (unpaired) electrons. The molecule has 1 heterocycles. The molecule has 2 aromatic carbocycles. The fraction of sp³-hybridized carbons (Fsp3) is 0.100. The smallest absolute Gasteiger partial charge is 0.252 e. The number of rotatable bonds is 5. The average Bonchev–Trinajstić information content (AvgIpc) is 3.10. The van der Waals surface area contributed by atoms with E-state index in [9.17, 15) is 14.7 Å². The van der Waals surface area contributed by atoms with E-state index in [0.29, 0.717) is 21.7 Å². The molecule has 3 rings (SSSR count). The fourth-order valence-electron chi connectivity index (χ4n) is 2.63. The van der Waals surface area contributed by atoms with Crippen molar-refractivity contribution >= 4 is 35.1 Å². The molecular formula is C20H19N5O3S. The molecule has 148 valence electrons. The second-order valence-corrected chi connectivity index (χ2v) is 6.92. The molecule has 8 nitrogen and oxygen atoms in total. The molecule has 0 fully saturated rings. The van der Waals surface area contributed by atoms with Crippen LogP contribution in [0.1, 0.15) is 22.8 Å². The van der Waals surface area contributed by atoms with Crippen LogP contribution in [-0.2, 0) is 4.79 Å². The number of anilines is 1. The molecule has 0 aliphatic heterocycles. The second kappa shape index (κ2) is 8.53. The van der Waals surface area contributed by atoms with E-state index in [-0.39, 0.29) is 17.2 Å². The minimum Gasteiger partial charge on any atom is -0.507 e. The Hall–Kier alpha value is -3.72. The van der Waals surface area contributed by atoms with Crippen molar-refractivity contribution in [3.63, 3.8) is 0 Å². The fourth-order valence-corrected chi connectivity index (χ4v) is 3.44.